The average Bonchev–Trinajstić information content (AvgIpc) is 3.07. The number of carbonyl (C=O) groups excluding carboxylic acids is 3. The first-order valence-corrected chi connectivity index (χ1v) is 12.3. The molecule has 2 aromatic rings. The first-order chi connectivity index (χ1) is 15.8. The SMILES string of the molecule is CCCCN1C(=O)c2ccc(C(=O)Nc3ccc(S(=O)(=O)N4CCOCC4)cc3)cc2C1=O. The molecule has 2 aliphatic rings. The molecule has 2 aromatic carbocycles. The van der Waals surface area contributed by atoms with Gasteiger partial charge in [0.1, 0.15) is 0 Å². The summed E-state index contributed by atoms with van der Waals surface area (Å²) in [4.78, 5) is 39.1. The Morgan fingerprint density at radius 1 is 1.00 bits per heavy atom. The standard InChI is InChI=1S/C23H25N3O6S/c1-2-3-10-26-22(28)19-9-4-16(15-20(19)23(26)29)21(27)24-17-5-7-18(8-6-17)33(30,31)25-11-13-32-14-12-25/h4-9,15H,2-3,10-14H2,1H3,(H,24,27). The Kier molecular flexibility index (Phi) is 6.59. The minimum absolute atomic E-state index is 0.135. The maximum Gasteiger partial charge on any atom is 0.261 e. The predicted octanol–water partition coefficient (Wildman–Crippen LogP) is 2.36. The number of hydrogen-bond acceptors (Lipinski definition) is 6. The van der Waals surface area contributed by atoms with Gasteiger partial charge in [0.2, 0.25) is 10.0 Å². The first kappa shape index (κ1) is 23.1. The Hall–Kier alpha value is -3.08. The van der Waals surface area contributed by atoms with E-state index in [-0.39, 0.29) is 21.9 Å². The van der Waals surface area contributed by atoms with Gasteiger partial charge < -0.3 is 10.1 Å². The Morgan fingerprint density at radius 3 is 2.33 bits per heavy atom. The van der Waals surface area contributed by atoms with Crippen molar-refractivity contribution in [2.45, 2.75) is 24.7 Å². The van der Waals surface area contributed by atoms with Crippen molar-refractivity contribution in [2.75, 3.05) is 38.2 Å². The molecule has 2 aliphatic heterocycles. The fourth-order valence-corrected chi connectivity index (χ4v) is 5.21. The Bertz CT molecular complexity index is 1190. The third-order valence-electron chi connectivity index (χ3n) is 5.69. The van der Waals surface area contributed by atoms with Gasteiger partial charge in [-0.1, -0.05) is 13.3 Å². The quantitative estimate of drug-likeness (QED) is 0.621. The van der Waals surface area contributed by atoms with Gasteiger partial charge in [0.05, 0.1) is 29.2 Å². The second kappa shape index (κ2) is 9.42. The van der Waals surface area contributed by atoms with Crippen LogP contribution >= 0.6 is 0 Å². The third-order valence-corrected chi connectivity index (χ3v) is 7.60. The molecule has 0 spiro atoms. The van der Waals surface area contributed by atoms with Crippen LogP contribution in [-0.2, 0) is 14.8 Å². The van der Waals surface area contributed by atoms with Crippen LogP contribution in [0.25, 0.3) is 0 Å². The van der Waals surface area contributed by atoms with Crippen LogP contribution in [0.1, 0.15) is 50.8 Å². The molecule has 0 aromatic heterocycles. The van der Waals surface area contributed by atoms with E-state index < -0.39 is 21.8 Å². The normalized spacial score (nSPS) is 16.7. The minimum Gasteiger partial charge on any atom is -0.379 e. The van der Waals surface area contributed by atoms with E-state index in [1.54, 1.807) is 0 Å². The van der Waals surface area contributed by atoms with Crippen molar-refractivity contribution < 1.29 is 27.5 Å². The van der Waals surface area contributed by atoms with Gasteiger partial charge in [-0.2, -0.15) is 4.31 Å². The van der Waals surface area contributed by atoms with Gasteiger partial charge in [0.15, 0.2) is 0 Å². The van der Waals surface area contributed by atoms with Gasteiger partial charge in [-0.05, 0) is 48.9 Å². The van der Waals surface area contributed by atoms with Crippen molar-refractivity contribution in [3.05, 3.63) is 59.2 Å². The molecule has 0 unspecified atom stereocenters. The molecule has 2 heterocycles. The molecule has 1 fully saturated rings. The maximum atomic E-state index is 12.7. The summed E-state index contributed by atoms with van der Waals surface area (Å²) < 4.78 is 32.0. The summed E-state index contributed by atoms with van der Waals surface area (Å²) >= 11 is 0. The van der Waals surface area contributed by atoms with Crippen molar-refractivity contribution in [3.8, 4) is 0 Å². The lowest BCUT2D eigenvalue weighted by molar-refractivity contribution is 0.0652. The molecule has 33 heavy (non-hydrogen) atoms. The Labute approximate surface area is 192 Å². The number of imide groups is 1. The van der Waals surface area contributed by atoms with Crippen molar-refractivity contribution in [2.24, 2.45) is 0 Å². The number of sulfonamides is 1. The van der Waals surface area contributed by atoms with Gasteiger partial charge >= 0.3 is 0 Å². The van der Waals surface area contributed by atoms with Gasteiger partial charge in [-0.3, -0.25) is 19.3 Å². The molecule has 174 valence electrons. The highest BCUT2D eigenvalue weighted by atomic mass is 32.2. The summed E-state index contributed by atoms with van der Waals surface area (Å²) in [5.74, 6) is -1.20. The van der Waals surface area contributed by atoms with Gasteiger partial charge in [0.25, 0.3) is 17.7 Å². The first-order valence-electron chi connectivity index (χ1n) is 10.8. The molecule has 10 heteroatoms. The van der Waals surface area contributed by atoms with E-state index in [0.717, 1.165) is 12.8 Å². The number of benzene rings is 2. The summed E-state index contributed by atoms with van der Waals surface area (Å²) in [7, 11) is -3.62. The number of rotatable bonds is 7. The van der Waals surface area contributed by atoms with Crippen molar-refractivity contribution in [1.29, 1.82) is 0 Å². The molecule has 9 nitrogen and oxygen atoms in total. The van der Waals surface area contributed by atoms with Crippen LogP contribution in [0.4, 0.5) is 5.69 Å². The second-order valence-electron chi connectivity index (χ2n) is 7.87. The highest BCUT2D eigenvalue weighted by Gasteiger charge is 2.35. The van der Waals surface area contributed by atoms with Gasteiger partial charge in [0, 0.05) is 30.9 Å². The van der Waals surface area contributed by atoms with Crippen LogP contribution in [0.15, 0.2) is 47.4 Å². The summed E-state index contributed by atoms with van der Waals surface area (Å²) in [6, 6.07) is 10.3. The number of hydrogen-bond donors (Lipinski definition) is 1. The third kappa shape index (κ3) is 4.54. The summed E-state index contributed by atoms with van der Waals surface area (Å²) in [6.07, 6.45) is 1.57. The zero-order chi connectivity index (χ0) is 23.6. The van der Waals surface area contributed by atoms with Gasteiger partial charge in [-0.25, -0.2) is 8.42 Å². The number of morpholine rings is 1. The van der Waals surface area contributed by atoms with E-state index in [9.17, 15) is 22.8 Å². The van der Waals surface area contributed by atoms with Crippen LogP contribution < -0.4 is 5.32 Å². The topological polar surface area (TPSA) is 113 Å². The van der Waals surface area contributed by atoms with Crippen LogP contribution in [0, 0.1) is 0 Å². The van der Waals surface area contributed by atoms with Crippen LogP contribution in [0.2, 0.25) is 0 Å². The Morgan fingerprint density at radius 2 is 1.67 bits per heavy atom. The molecule has 0 bridgehead atoms. The summed E-state index contributed by atoms with van der Waals surface area (Å²) in [6.45, 7) is 3.65. The zero-order valence-electron chi connectivity index (χ0n) is 18.2. The molecular weight excluding hydrogens is 446 g/mol. The molecule has 1 N–H and O–H groups in total. The molecule has 0 atom stereocenters. The number of nitrogens with zero attached hydrogens (tertiary/aromatic N) is 2. The molecule has 0 aliphatic carbocycles. The average molecular weight is 472 g/mol. The van der Waals surface area contributed by atoms with Crippen LogP contribution in [-0.4, -0.2) is 68.2 Å². The van der Waals surface area contributed by atoms with Crippen molar-refractivity contribution in [1.82, 2.24) is 9.21 Å². The van der Waals surface area contributed by atoms with E-state index in [0.29, 0.717) is 44.1 Å². The lowest BCUT2D eigenvalue weighted by atomic mass is 10.1. The number of anilines is 1. The fraction of sp³-hybridized carbons (Fsp3) is 0.348. The van der Waals surface area contributed by atoms with E-state index >= 15 is 0 Å². The Balaban J connectivity index is 1.47. The van der Waals surface area contributed by atoms with Crippen LogP contribution in [0.5, 0.6) is 0 Å². The van der Waals surface area contributed by atoms with E-state index in [1.807, 2.05) is 6.92 Å². The largest absolute Gasteiger partial charge is 0.379 e. The second-order valence-corrected chi connectivity index (χ2v) is 9.81. The lowest BCUT2D eigenvalue weighted by Gasteiger charge is -2.26. The number of fused-ring (bicyclic) bond motifs is 1. The van der Waals surface area contributed by atoms with Crippen molar-refractivity contribution >= 4 is 33.4 Å². The molecule has 4 rings (SSSR count). The van der Waals surface area contributed by atoms with Crippen LogP contribution in [0.3, 0.4) is 0 Å². The number of amides is 3. The monoisotopic (exact) mass is 471 g/mol. The minimum atomic E-state index is -3.62. The van der Waals surface area contributed by atoms with Gasteiger partial charge in [-0.15, -0.1) is 0 Å². The summed E-state index contributed by atoms with van der Waals surface area (Å²) in [5, 5.41) is 2.70. The highest BCUT2D eigenvalue weighted by molar-refractivity contribution is 7.89. The number of nitrogens with one attached hydrogen (secondary N) is 1. The number of unbranched alkanes of at least 4 members (excludes halogenated alkanes) is 1. The molecule has 1 saturated heterocycles. The fourth-order valence-electron chi connectivity index (χ4n) is 3.80. The lowest BCUT2D eigenvalue weighted by Crippen LogP contribution is -2.40. The number of carbonyl (C=O) groups is 3. The maximum absolute atomic E-state index is 12.7. The molecule has 3 amide bonds. The summed E-state index contributed by atoms with van der Waals surface area (Å²) in [5.41, 5.74) is 1.16. The highest BCUT2D eigenvalue weighted by Crippen LogP contribution is 2.25. The molecule has 0 saturated carbocycles. The molecule has 0 radical (unpaired) electrons. The molecular formula is C23H25N3O6S. The predicted molar refractivity (Wildman–Crippen MR) is 121 cm³/mol. The van der Waals surface area contributed by atoms with Crippen molar-refractivity contribution in [3.63, 3.8) is 0 Å². The zero-order valence-corrected chi connectivity index (χ0v) is 19.1. The van der Waals surface area contributed by atoms with E-state index in [2.05, 4.69) is 5.32 Å². The van der Waals surface area contributed by atoms with E-state index in [4.69, 9.17) is 4.74 Å². The van der Waals surface area contributed by atoms with E-state index in [1.165, 1.54) is 51.7 Å². The number of ether oxygens (including phenoxy) is 1. The smallest absolute Gasteiger partial charge is 0.261 e.